The molecule has 2 aliphatic heterocycles. The number of nitrogens with zero attached hydrogens (tertiary/aromatic N) is 1. The Bertz CT molecular complexity index is 633. The Morgan fingerprint density at radius 2 is 1.80 bits per heavy atom. The maximum atomic E-state index is 13.6. The monoisotopic (exact) mass is 458 g/mol. The minimum atomic E-state index is -0.961. The Morgan fingerprint density at radius 1 is 1.13 bits per heavy atom. The summed E-state index contributed by atoms with van der Waals surface area (Å²) < 4.78 is 5.03. The number of carbonyl (C=O) groups is 3. The Kier molecular flexibility index (Phi) is 8.24. The van der Waals surface area contributed by atoms with Crippen molar-refractivity contribution in [2.45, 2.75) is 75.0 Å². The van der Waals surface area contributed by atoms with E-state index in [0.717, 1.165) is 50.0 Å². The first kappa shape index (κ1) is 23.6. The van der Waals surface area contributed by atoms with Gasteiger partial charge in [0.2, 0.25) is 5.91 Å². The number of likely N-dealkylation sites (tertiary alicyclic amines) is 1. The summed E-state index contributed by atoms with van der Waals surface area (Å²) in [5.74, 6) is 0.988. The van der Waals surface area contributed by atoms with Crippen LogP contribution in [0.5, 0.6) is 0 Å². The molecule has 7 nitrogen and oxygen atoms in total. The number of carboxylic acid groups (broad SMARTS) is 1. The largest absolute Gasteiger partial charge is 0.480 e. The Labute approximate surface area is 187 Å². The smallest absolute Gasteiger partial charge is 0.407 e. The quantitative estimate of drug-likeness (QED) is 0.628. The van der Waals surface area contributed by atoms with Crippen molar-refractivity contribution < 1.29 is 24.2 Å². The lowest BCUT2D eigenvalue weighted by molar-refractivity contribution is -0.149. The van der Waals surface area contributed by atoms with Crippen LogP contribution in [0.2, 0.25) is 0 Å². The molecule has 3 aliphatic rings. The van der Waals surface area contributed by atoms with Crippen molar-refractivity contribution in [3.05, 3.63) is 0 Å². The lowest BCUT2D eigenvalue weighted by atomic mass is 9.83. The maximum absolute atomic E-state index is 13.6. The van der Waals surface area contributed by atoms with Gasteiger partial charge < -0.3 is 20.1 Å². The van der Waals surface area contributed by atoms with Crippen molar-refractivity contribution in [3.63, 3.8) is 0 Å². The number of rotatable bonds is 6. The molecule has 1 spiro atoms. The van der Waals surface area contributed by atoms with Gasteiger partial charge in [-0.25, -0.2) is 9.59 Å². The highest BCUT2D eigenvalue weighted by atomic mass is 32.2. The van der Waals surface area contributed by atoms with Crippen molar-refractivity contribution in [2.24, 2.45) is 11.8 Å². The van der Waals surface area contributed by atoms with Gasteiger partial charge in [-0.05, 0) is 42.6 Å². The third kappa shape index (κ3) is 5.78. The van der Waals surface area contributed by atoms with E-state index >= 15 is 0 Å². The van der Waals surface area contributed by atoms with Crippen LogP contribution < -0.4 is 5.32 Å². The van der Waals surface area contributed by atoms with E-state index in [1.54, 1.807) is 23.5 Å². The van der Waals surface area contributed by atoms with Crippen molar-refractivity contribution in [1.82, 2.24) is 10.2 Å². The number of hydrogen-bond acceptors (Lipinski definition) is 6. The van der Waals surface area contributed by atoms with E-state index in [0.29, 0.717) is 13.0 Å². The van der Waals surface area contributed by atoms with Gasteiger partial charge in [-0.15, -0.1) is 23.5 Å². The zero-order valence-corrected chi connectivity index (χ0v) is 19.6. The van der Waals surface area contributed by atoms with Crippen LogP contribution in [0.1, 0.15) is 58.8 Å². The number of carboxylic acids is 1. The van der Waals surface area contributed by atoms with Gasteiger partial charge in [0, 0.05) is 13.0 Å². The standard InChI is InChI=1S/C21H34N2O5S2/c1-14(2)12-28-20(27)22-17(15-7-4-3-5-8-15)18(24)23-13-21(11-16(23)19(25)26)29-9-6-10-30-21/h14-17H,3-13H2,1-2H3,(H,22,27)(H,25,26)/t16-,17-/m0/s1. The molecule has 2 saturated heterocycles. The lowest BCUT2D eigenvalue weighted by Crippen LogP contribution is -2.55. The summed E-state index contributed by atoms with van der Waals surface area (Å²) in [4.78, 5) is 39.6. The molecule has 0 bridgehead atoms. The Morgan fingerprint density at radius 3 is 2.40 bits per heavy atom. The van der Waals surface area contributed by atoms with Crippen molar-refractivity contribution in [1.29, 1.82) is 0 Å². The summed E-state index contributed by atoms with van der Waals surface area (Å²) >= 11 is 3.56. The minimum absolute atomic E-state index is 0.0236. The van der Waals surface area contributed by atoms with Gasteiger partial charge in [-0.3, -0.25) is 4.79 Å². The third-order valence-electron chi connectivity index (χ3n) is 6.09. The first-order valence-corrected chi connectivity index (χ1v) is 13.0. The molecule has 3 fully saturated rings. The normalized spacial score (nSPS) is 25.3. The molecule has 0 aromatic heterocycles. The van der Waals surface area contributed by atoms with Crippen LogP contribution in [0.25, 0.3) is 0 Å². The van der Waals surface area contributed by atoms with E-state index in [1.165, 1.54) is 4.90 Å². The summed E-state index contributed by atoms with van der Waals surface area (Å²) in [6.45, 7) is 4.62. The minimum Gasteiger partial charge on any atom is -0.480 e. The zero-order valence-electron chi connectivity index (χ0n) is 17.9. The number of nitrogens with one attached hydrogen (secondary N) is 1. The van der Waals surface area contributed by atoms with Crippen molar-refractivity contribution >= 4 is 41.5 Å². The third-order valence-corrected chi connectivity index (χ3v) is 9.42. The van der Waals surface area contributed by atoms with E-state index in [-0.39, 0.29) is 28.4 Å². The highest BCUT2D eigenvalue weighted by Gasteiger charge is 2.52. The number of thioether (sulfide) groups is 2. The fourth-order valence-electron chi connectivity index (χ4n) is 4.56. The summed E-state index contributed by atoms with van der Waals surface area (Å²) in [6.07, 6.45) is 5.88. The first-order chi connectivity index (χ1) is 14.3. The van der Waals surface area contributed by atoms with E-state index in [2.05, 4.69) is 5.32 Å². The van der Waals surface area contributed by atoms with E-state index in [1.807, 2.05) is 13.8 Å². The van der Waals surface area contributed by atoms with Gasteiger partial charge in [-0.1, -0.05) is 33.1 Å². The summed E-state index contributed by atoms with van der Waals surface area (Å²) in [6, 6.07) is -1.56. The first-order valence-electron chi connectivity index (χ1n) is 11.1. The Balaban J connectivity index is 1.77. The van der Waals surface area contributed by atoms with Gasteiger partial charge in [0.15, 0.2) is 0 Å². The fourth-order valence-corrected chi connectivity index (χ4v) is 7.91. The topological polar surface area (TPSA) is 95.9 Å². The molecule has 0 unspecified atom stereocenters. The molecule has 0 radical (unpaired) electrons. The van der Waals surface area contributed by atoms with Gasteiger partial charge in [0.05, 0.1) is 10.7 Å². The molecule has 3 rings (SSSR count). The van der Waals surface area contributed by atoms with Crippen LogP contribution in [-0.4, -0.2) is 68.8 Å². The average Bonchev–Trinajstić information content (AvgIpc) is 3.10. The highest BCUT2D eigenvalue weighted by Crippen LogP contribution is 2.50. The van der Waals surface area contributed by atoms with Crippen LogP contribution in [0.3, 0.4) is 0 Å². The number of hydrogen-bond donors (Lipinski definition) is 2. The number of amides is 2. The van der Waals surface area contributed by atoms with Crippen molar-refractivity contribution in [2.75, 3.05) is 24.7 Å². The molecule has 2 heterocycles. The number of aliphatic carboxylic acids is 1. The molecule has 30 heavy (non-hydrogen) atoms. The van der Waals surface area contributed by atoms with Crippen LogP contribution in [0, 0.1) is 11.8 Å². The average molecular weight is 459 g/mol. The molecular weight excluding hydrogens is 424 g/mol. The van der Waals surface area contributed by atoms with Crippen LogP contribution in [0.15, 0.2) is 0 Å². The van der Waals surface area contributed by atoms with Crippen LogP contribution >= 0.6 is 23.5 Å². The molecule has 9 heteroatoms. The van der Waals surface area contributed by atoms with E-state index in [4.69, 9.17) is 4.74 Å². The summed E-state index contributed by atoms with van der Waals surface area (Å²) in [5, 5.41) is 12.7. The fraction of sp³-hybridized carbons (Fsp3) is 0.857. The number of ether oxygens (including phenoxy) is 1. The second-order valence-corrected chi connectivity index (χ2v) is 12.2. The molecule has 2 N–H and O–H groups in total. The summed E-state index contributed by atoms with van der Waals surface area (Å²) in [5.41, 5.74) is 0. The molecule has 170 valence electrons. The molecule has 0 aromatic rings. The molecular formula is C21H34N2O5S2. The van der Waals surface area contributed by atoms with Gasteiger partial charge in [-0.2, -0.15) is 0 Å². The second kappa shape index (κ2) is 10.5. The maximum Gasteiger partial charge on any atom is 0.407 e. The predicted octanol–water partition coefficient (Wildman–Crippen LogP) is 3.57. The number of carbonyl (C=O) groups excluding carboxylic acids is 2. The predicted molar refractivity (Wildman–Crippen MR) is 120 cm³/mol. The molecule has 0 aromatic carbocycles. The SMILES string of the molecule is CC(C)COC(=O)N[C@H](C(=O)N1CC2(C[C@H]1C(=O)O)SCCCS2)C1CCCCC1. The zero-order chi connectivity index (χ0) is 21.7. The molecule has 2 amide bonds. The van der Waals surface area contributed by atoms with Crippen LogP contribution in [0.4, 0.5) is 4.79 Å². The van der Waals surface area contributed by atoms with Crippen LogP contribution in [-0.2, 0) is 14.3 Å². The van der Waals surface area contributed by atoms with E-state index < -0.39 is 24.1 Å². The molecule has 1 aliphatic carbocycles. The highest BCUT2D eigenvalue weighted by molar-refractivity contribution is 8.18. The second-order valence-electron chi connectivity index (χ2n) is 9.00. The Hall–Kier alpha value is -1.09. The van der Waals surface area contributed by atoms with Gasteiger partial charge in [0.25, 0.3) is 0 Å². The van der Waals surface area contributed by atoms with E-state index in [9.17, 15) is 19.5 Å². The lowest BCUT2D eigenvalue weighted by Gasteiger charge is -2.35. The van der Waals surface area contributed by atoms with Gasteiger partial charge >= 0.3 is 12.1 Å². The van der Waals surface area contributed by atoms with Crippen molar-refractivity contribution in [3.8, 4) is 0 Å². The molecule has 2 atom stereocenters. The molecule has 1 saturated carbocycles. The number of alkyl carbamates (subject to hydrolysis) is 1. The van der Waals surface area contributed by atoms with Gasteiger partial charge in [0.1, 0.15) is 12.1 Å². The summed E-state index contributed by atoms with van der Waals surface area (Å²) in [7, 11) is 0.